The van der Waals surface area contributed by atoms with Gasteiger partial charge in [0.15, 0.2) is 5.78 Å². The van der Waals surface area contributed by atoms with Gasteiger partial charge in [-0.1, -0.05) is 43.3 Å². The maximum atomic E-state index is 13.1. The summed E-state index contributed by atoms with van der Waals surface area (Å²) in [5.74, 6) is 0.351. The van der Waals surface area contributed by atoms with Crippen molar-refractivity contribution in [2.75, 3.05) is 31.2 Å². The lowest BCUT2D eigenvalue weighted by Gasteiger charge is -2.48. The van der Waals surface area contributed by atoms with Crippen LogP contribution in [0.5, 0.6) is 0 Å². The van der Waals surface area contributed by atoms with Gasteiger partial charge in [0, 0.05) is 34.6 Å². The molecule has 6 nitrogen and oxygen atoms in total. The van der Waals surface area contributed by atoms with E-state index in [0.717, 1.165) is 77.4 Å². The van der Waals surface area contributed by atoms with Crippen molar-refractivity contribution >= 4 is 27.4 Å². The maximum absolute atomic E-state index is 13.1. The van der Waals surface area contributed by atoms with E-state index in [-0.39, 0.29) is 23.2 Å². The zero-order valence-corrected chi connectivity index (χ0v) is 23.2. The van der Waals surface area contributed by atoms with E-state index in [9.17, 15) is 10.1 Å². The van der Waals surface area contributed by atoms with Gasteiger partial charge in [0.2, 0.25) is 0 Å². The quantitative estimate of drug-likeness (QED) is 0.411. The molecule has 192 valence electrons. The van der Waals surface area contributed by atoms with E-state index in [0.29, 0.717) is 5.82 Å². The molecular formula is C31H29BrN4O2. The summed E-state index contributed by atoms with van der Waals surface area (Å²) >= 11 is 3.82. The number of allylic oxidation sites excluding steroid dienone is 2. The fourth-order valence-corrected chi connectivity index (χ4v) is 7.24. The molecule has 2 aliphatic carbocycles. The predicted octanol–water partition coefficient (Wildman–Crippen LogP) is 5.57. The number of carbonyl (C=O) groups excluding carboxylic acids is 1. The molecular weight excluding hydrogens is 540 g/mol. The van der Waals surface area contributed by atoms with Crippen molar-refractivity contribution in [1.29, 1.82) is 5.26 Å². The number of carbonyl (C=O) groups is 1. The van der Waals surface area contributed by atoms with Crippen molar-refractivity contribution in [3.05, 3.63) is 87.3 Å². The topological polar surface area (TPSA) is 79.1 Å². The molecule has 7 heteroatoms. The Balaban J connectivity index is 1.56. The largest absolute Gasteiger partial charge is 0.378 e. The van der Waals surface area contributed by atoms with E-state index in [1.54, 1.807) is 0 Å². The molecule has 2 aromatic carbocycles. The maximum Gasteiger partial charge on any atom is 0.176 e. The number of ether oxygens (including phenoxy) is 1. The molecule has 0 N–H and O–H groups in total. The first kappa shape index (κ1) is 25.0. The monoisotopic (exact) mass is 568 g/mol. The average molecular weight is 570 g/mol. The summed E-state index contributed by atoms with van der Waals surface area (Å²) in [6, 6.07) is 18.9. The van der Waals surface area contributed by atoms with Crippen molar-refractivity contribution in [3.8, 4) is 17.3 Å². The highest BCUT2D eigenvalue weighted by molar-refractivity contribution is 9.10. The Morgan fingerprint density at radius 3 is 2.61 bits per heavy atom. The Kier molecular flexibility index (Phi) is 6.41. The SMILES string of the molecule is Cc1nc(-c2ccc(N3CCOCC3)c(Br)c2)c2c(n1)[C@@]1(c3ccccc3)C=C(C#N)C(=O)[C@@H](C)[C@@H]1CC2. The second kappa shape index (κ2) is 9.76. The van der Waals surface area contributed by atoms with Gasteiger partial charge in [-0.15, -0.1) is 0 Å². The zero-order chi connectivity index (χ0) is 26.4. The van der Waals surface area contributed by atoms with Gasteiger partial charge in [-0.2, -0.15) is 5.26 Å². The highest BCUT2D eigenvalue weighted by Gasteiger charge is 2.53. The van der Waals surface area contributed by atoms with Crippen LogP contribution in [0.1, 0.15) is 36.0 Å². The second-order valence-electron chi connectivity index (χ2n) is 10.4. The molecule has 1 saturated heterocycles. The van der Waals surface area contributed by atoms with Gasteiger partial charge in [-0.25, -0.2) is 9.97 Å². The number of Topliss-reactive ketones (excluding diaryl/α,β-unsaturated/α-hetero) is 1. The van der Waals surface area contributed by atoms with Crippen LogP contribution in [0, 0.1) is 30.1 Å². The molecule has 0 radical (unpaired) electrons. The van der Waals surface area contributed by atoms with Crippen LogP contribution in [0.2, 0.25) is 0 Å². The van der Waals surface area contributed by atoms with E-state index in [4.69, 9.17) is 14.7 Å². The van der Waals surface area contributed by atoms with Crippen LogP contribution < -0.4 is 4.90 Å². The average Bonchev–Trinajstić information content (AvgIpc) is 2.95. The van der Waals surface area contributed by atoms with Gasteiger partial charge in [-0.3, -0.25) is 4.79 Å². The standard InChI is InChI=1S/C31H29BrN4O2/c1-19-25-10-9-24-28(21-8-11-27(26(32)16-21)36-12-14-38-15-13-36)34-20(2)35-30(24)31(25,17-22(18-33)29(19)37)23-6-4-3-5-7-23/h3-8,11,16-17,19,25H,9-10,12-15H2,1-2H3/t19-,25-,31+/m0/s1. The van der Waals surface area contributed by atoms with Crippen LogP contribution in [0.4, 0.5) is 5.69 Å². The minimum atomic E-state index is -0.666. The fraction of sp³-hybridized carbons (Fsp3) is 0.355. The normalized spacial score (nSPS) is 24.7. The van der Waals surface area contributed by atoms with Crippen LogP contribution in [0.25, 0.3) is 11.3 Å². The van der Waals surface area contributed by atoms with E-state index in [1.165, 1.54) is 0 Å². The number of fused-ring (bicyclic) bond motifs is 3. The van der Waals surface area contributed by atoms with E-state index in [1.807, 2.05) is 38.1 Å². The number of nitriles is 1. The highest BCUT2D eigenvalue weighted by Crippen LogP contribution is 2.54. The van der Waals surface area contributed by atoms with Gasteiger partial charge < -0.3 is 9.64 Å². The summed E-state index contributed by atoms with van der Waals surface area (Å²) in [6.45, 7) is 7.09. The minimum Gasteiger partial charge on any atom is -0.378 e. The molecule has 1 aliphatic heterocycles. The number of halogens is 1. The smallest absolute Gasteiger partial charge is 0.176 e. The van der Waals surface area contributed by atoms with Crippen molar-refractivity contribution in [2.45, 2.75) is 32.1 Å². The van der Waals surface area contributed by atoms with Crippen LogP contribution >= 0.6 is 15.9 Å². The lowest BCUT2D eigenvalue weighted by molar-refractivity contribution is -0.121. The molecule has 2 heterocycles. The highest BCUT2D eigenvalue weighted by atomic mass is 79.9. The summed E-state index contributed by atoms with van der Waals surface area (Å²) in [4.78, 5) is 25.5. The molecule has 0 amide bonds. The van der Waals surface area contributed by atoms with Crippen LogP contribution in [0.15, 0.2) is 64.7 Å². The van der Waals surface area contributed by atoms with Gasteiger partial charge in [0.05, 0.1) is 41.3 Å². The Bertz CT molecular complexity index is 1490. The van der Waals surface area contributed by atoms with Gasteiger partial charge in [-0.05, 0) is 65.4 Å². The Hall–Kier alpha value is -3.34. The fourth-order valence-electron chi connectivity index (χ4n) is 6.61. The van der Waals surface area contributed by atoms with Crippen LogP contribution in [0.3, 0.4) is 0 Å². The summed E-state index contributed by atoms with van der Waals surface area (Å²) in [5, 5.41) is 9.94. The van der Waals surface area contributed by atoms with Gasteiger partial charge in [0.25, 0.3) is 0 Å². The molecule has 0 bridgehead atoms. The second-order valence-corrected chi connectivity index (χ2v) is 11.3. The molecule has 0 unspecified atom stereocenters. The predicted molar refractivity (Wildman–Crippen MR) is 150 cm³/mol. The lowest BCUT2D eigenvalue weighted by Crippen LogP contribution is -2.48. The number of ketones is 1. The number of aryl methyl sites for hydroxylation is 1. The Morgan fingerprint density at radius 1 is 1.13 bits per heavy atom. The van der Waals surface area contributed by atoms with E-state index >= 15 is 0 Å². The molecule has 0 saturated carbocycles. The minimum absolute atomic E-state index is 0.0135. The molecule has 6 rings (SSSR count). The van der Waals surface area contributed by atoms with E-state index < -0.39 is 5.41 Å². The first-order valence-corrected chi connectivity index (χ1v) is 14.0. The number of hydrogen-bond acceptors (Lipinski definition) is 6. The Morgan fingerprint density at radius 2 is 1.89 bits per heavy atom. The van der Waals surface area contributed by atoms with Crippen LogP contribution in [-0.4, -0.2) is 42.1 Å². The van der Waals surface area contributed by atoms with Crippen molar-refractivity contribution < 1.29 is 9.53 Å². The van der Waals surface area contributed by atoms with Gasteiger partial charge in [0.1, 0.15) is 11.9 Å². The molecule has 3 aromatic rings. The zero-order valence-electron chi connectivity index (χ0n) is 21.6. The summed E-state index contributed by atoms with van der Waals surface area (Å²) in [7, 11) is 0. The number of anilines is 1. The molecule has 1 fully saturated rings. The number of nitrogens with zero attached hydrogens (tertiary/aromatic N) is 4. The molecule has 3 atom stereocenters. The molecule has 38 heavy (non-hydrogen) atoms. The van der Waals surface area contributed by atoms with Gasteiger partial charge >= 0.3 is 0 Å². The number of aromatic nitrogens is 2. The first-order chi connectivity index (χ1) is 18.4. The Labute approximate surface area is 231 Å². The third-order valence-electron chi connectivity index (χ3n) is 8.40. The summed E-state index contributed by atoms with van der Waals surface area (Å²) in [6.07, 6.45) is 3.50. The third-order valence-corrected chi connectivity index (χ3v) is 9.04. The molecule has 3 aliphatic rings. The number of benzene rings is 2. The van der Waals surface area contributed by atoms with Crippen LogP contribution in [-0.2, 0) is 21.4 Å². The number of hydrogen-bond donors (Lipinski definition) is 0. The molecule has 1 aromatic heterocycles. The van der Waals surface area contributed by atoms with Crippen molar-refractivity contribution in [2.24, 2.45) is 11.8 Å². The number of morpholine rings is 1. The summed E-state index contributed by atoms with van der Waals surface area (Å²) < 4.78 is 6.55. The summed E-state index contributed by atoms with van der Waals surface area (Å²) in [5.41, 5.74) is 5.74. The third kappa shape index (κ3) is 3.90. The molecule has 0 spiro atoms. The van der Waals surface area contributed by atoms with Crippen molar-refractivity contribution in [3.63, 3.8) is 0 Å². The lowest BCUT2D eigenvalue weighted by atomic mass is 9.54. The van der Waals surface area contributed by atoms with E-state index in [2.05, 4.69) is 57.2 Å². The number of rotatable bonds is 3. The first-order valence-electron chi connectivity index (χ1n) is 13.2. The van der Waals surface area contributed by atoms with Crippen molar-refractivity contribution in [1.82, 2.24) is 9.97 Å².